The van der Waals surface area contributed by atoms with Gasteiger partial charge in [0.25, 0.3) is 5.56 Å². The number of rotatable bonds is 4. The highest BCUT2D eigenvalue weighted by Gasteiger charge is 2.16. The molecular weight excluding hydrogens is 274 g/mol. The number of H-pyrrole nitrogens is 1. The topological polar surface area (TPSA) is 91.9 Å². The zero-order valence-electron chi connectivity index (χ0n) is 9.50. The summed E-state index contributed by atoms with van der Waals surface area (Å²) < 4.78 is 26.1. The lowest BCUT2D eigenvalue weighted by atomic mass is 10.2. The lowest BCUT2D eigenvalue weighted by Crippen LogP contribution is -2.22. The fourth-order valence-corrected chi connectivity index (χ4v) is 3.62. The lowest BCUT2D eigenvalue weighted by Gasteiger charge is -1.99. The van der Waals surface area contributed by atoms with Crippen LogP contribution in [0.1, 0.15) is 6.92 Å². The molecule has 0 saturated heterocycles. The molecule has 0 bridgehead atoms. The monoisotopic (exact) mass is 285 g/mol. The second kappa shape index (κ2) is 5.01. The van der Waals surface area contributed by atoms with Crippen molar-refractivity contribution in [3.8, 4) is 11.3 Å². The van der Waals surface area contributed by atoms with Crippen LogP contribution in [0.25, 0.3) is 11.3 Å². The third-order valence-electron chi connectivity index (χ3n) is 2.15. The van der Waals surface area contributed by atoms with Gasteiger partial charge in [0.05, 0.1) is 5.69 Å². The molecule has 0 aliphatic carbocycles. The third kappa shape index (κ3) is 2.66. The Bertz CT molecular complexity index is 683. The van der Waals surface area contributed by atoms with E-state index in [1.165, 1.54) is 12.1 Å². The standard InChI is InChI=1S/C10H11N3O3S2/c1-2-11-18(15,16)10-5-7(6-17-10)8-3-4-9(14)13-12-8/h3-6,11H,2H2,1H3,(H,13,14). The summed E-state index contributed by atoms with van der Waals surface area (Å²) in [7, 11) is -3.44. The van der Waals surface area contributed by atoms with Crippen LogP contribution in [0, 0.1) is 0 Å². The van der Waals surface area contributed by atoms with Crippen molar-refractivity contribution in [1.29, 1.82) is 0 Å². The molecule has 2 rings (SSSR count). The van der Waals surface area contributed by atoms with E-state index >= 15 is 0 Å². The maximum Gasteiger partial charge on any atom is 0.264 e. The summed E-state index contributed by atoms with van der Waals surface area (Å²) in [5.74, 6) is 0. The predicted molar refractivity (Wildman–Crippen MR) is 69.0 cm³/mol. The molecule has 6 nitrogen and oxygen atoms in total. The average molecular weight is 285 g/mol. The van der Waals surface area contributed by atoms with Crippen LogP contribution in [0.15, 0.2) is 32.6 Å². The largest absolute Gasteiger partial charge is 0.268 e. The van der Waals surface area contributed by atoms with Crippen molar-refractivity contribution in [3.63, 3.8) is 0 Å². The SMILES string of the molecule is CCNS(=O)(=O)c1cc(-c2ccc(=O)[nH]n2)cs1. The van der Waals surface area contributed by atoms with E-state index in [1.54, 1.807) is 18.4 Å². The Balaban J connectivity index is 2.37. The first-order chi connectivity index (χ1) is 8.53. The number of hydrogen-bond acceptors (Lipinski definition) is 5. The van der Waals surface area contributed by atoms with E-state index in [4.69, 9.17) is 0 Å². The molecule has 2 aromatic heterocycles. The molecule has 0 aliphatic rings. The minimum atomic E-state index is -3.44. The van der Waals surface area contributed by atoms with E-state index in [-0.39, 0.29) is 9.77 Å². The van der Waals surface area contributed by atoms with Crippen molar-refractivity contribution < 1.29 is 8.42 Å². The predicted octanol–water partition coefficient (Wildman–Crippen LogP) is 0.797. The Morgan fingerprint density at radius 2 is 2.22 bits per heavy atom. The number of thiophene rings is 1. The normalized spacial score (nSPS) is 11.6. The molecule has 0 radical (unpaired) electrons. The molecule has 0 aliphatic heterocycles. The van der Waals surface area contributed by atoms with Crippen molar-refractivity contribution in [1.82, 2.24) is 14.9 Å². The highest BCUT2D eigenvalue weighted by molar-refractivity contribution is 7.91. The van der Waals surface area contributed by atoms with Gasteiger partial charge < -0.3 is 0 Å². The number of aromatic amines is 1. The van der Waals surface area contributed by atoms with Gasteiger partial charge in [0.1, 0.15) is 4.21 Å². The minimum Gasteiger partial charge on any atom is -0.268 e. The van der Waals surface area contributed by atoms with Crippen LogP contribution < -0.4 is 10.3 Å². The molecule has 96 valence electrons. The third-order valence-corrected chi connectivity index (χ3v) is 5.13. The Morgan fingerprint density at radius 1 is 1.44 bits per heavy atom. The van der Waals surface area contributed by atoms with Gasteiger partial charge in [-0.05, 0) is 12.1 Å². The van der Waals surface area contributed by atoms with E-state index in [9.17, 15) is 13.2 Å². The number of aromatic nitrogens is 2. The van der Waals surface area contributed by atoms with Crippen LogP contribution in [0.4, 0.5) is 0 Å². The van der Waals surface area contributed by atoms with Crippen LogP contribution >= 0.6 is 11.3 Å². The van der Waals surface area contributed by atoms with E-state index < -0.39 is 10.0 Å². The minimum absolute atomic E-state index is 0.229. The second-order valence-electron chi connectivity index (χ2n) is 3.46. The Labute approximate surface area is 108 Å². The lowest BCUT2D eigenvalue weighted by molar-refractivity contribution is 0.586. The smallest absolute Gasteiger partial charge is 0.264 e. The van der Waals surface area contributed by atoms with Gasteiger partial charge in [-0.1, -0.05) is 6.92 Å². The molecule has 0 spiro atoms. The summed E-state index contributed by atoms with van der Waals surface area (Å²) in [6.07, 6.45) is 0. The molecule has 0 aromatic carbocycles. The second-order valence-corrected chi connectivity index (χ2v) is 6.37. The van der Waals surface area contributed by atoms with Gasteiger partial charge in [-0.15, -0.1) is 11.3 Å². The van der Waals surface area contributed by atoms with Gasteiger partial charge in [0, 0.05) is 23.6 Å². The van der Waals surface area contributed by atoms with Gasteiger partial charge in [0.15, 0.2) is 0 Å². The molecule has 0 saturated carbocycles. The number of hydrogen-bond donors (Lipinski definition) is 2. The fraction of sp³-hybridized carbons (Fsp3) is 0.200. The van der Waals surface area contributed by atoms with E-state index in [1.807, 2.05) is 0 Å². The summed E-state index contributed by atoms with van der Waals surface area (Å²) in [6.45, 7) is 2.06. The fourth-order valence-electron chi connectivity index (χ4n) is 1.36. The van der Waals surface area contributed by atoms with Gasteiger partial charge >= 0.3 is 0 Å². The van der Waals surface area contributed by atoms with Gasteiger partial charge in [-0.3, -0.25) is 4.79 Å². The molecule has 0 unspecified atom stereocenters. The highest BCUT2D eigenvalue weighted by Crippen LogP contribution is 2.26. The van der Waals surface area contributed by atoms with E-state index in [2.05, 4.69) is 14.9 Å². The van der Waals surface area contributed by atoms with Crippen molar-refractivity contribution in [2.75, 3.05) is 6.54 Å². The van der Waals surface area contributed by atoms with Gasteiger partial charge in [-0.25, -0.2) is 18.2 Å². The van der Waals surface area contributed by atoms with E-state index in [0.717, 1.165) is 11.3 Å². The maximum atomic E-state index is 11.8. The van der Waals surface area contributed by atoms with E-state index in [0.29, 0.717) is 17.8 Å². The molecule has 0 amide bonds. The summed E-state index contributed by atoms with van der Waals surface area (Å²) in [4.78, 5) is 10.9. The maximum absolute atomic E-state index is 11.8. The average Bonchev–Trinajstić information content (AvgIpc) is 2.80. The van der Waals surface area contributed by atoms with Crippen molar-refractivity contribution in [3.05, 3.63) is 33.9 Å². The van der Waals surface area contributed by atoms with Crippen molar-refractivity contribution >= 4 is 21.4 Å². The Hall–Kier alpha value is -1.51. The number of nitrogens with one attached hydrogen (secondary N) is 2. The molecule has 0 atom stereocenters. The first-order valence-corrected chi connectivity index (χ1v) is 7.53. The molecule has 0 fully saturated rings. The summed E-state index contributed by atoms with van der Waals surface area (Å²) in [6, 6.07) is 4.42. The highest BCUT2D eigenvalue weighted by atomic mass is 32.2. The molecule has 2 N–H and O–H groups in total. The van der Waals surface area contributed by atoms with Crippen molar-refractivity contribution in [2.45, 2.75) is 11.1 Å². The zero-order valence-corrected chi connectivity index (χ0v) is 11.1. The van der Waals surface area contributed by atoms with Crippen LogP contribution in [0.3, 0.4) is 0 Å². The Kier molecular flexibility index (Phi) is 3.60. The van der Waals surface area contributed by atoms with Crippen LogP contribution in [-0.4, -0.2) is 25.2 Å². The molecule has 2 aromatic rings. The summed E-state index contributed by atoms with van der Waals surface area (Å²) in [5.41, 5.74) is 0.894. The van der Waals surface area contributed by atoms with Crippen LogP contribution in [0.2, 0.25) is 0 Å². The molecule has 8 heteroatoms. The molecule has 2 heterocycles. The number of sulfonamides is 1. The van der Waals surface area contributed by atoms with Gasteiger partial charge in [-0.2, -0.15) is 5.10 Å². The van der Waals surface area contributed by atoms with Crippen LogP contribution in [-0.2, 0) is 10.0 Å². The summed E-state index contributed by atoms with van der Waals surface area (Å²) >= 11 is 1.11. The first-order valence-electron chi connectivity index (χ1n) is 5.17. The zero-order chi connectivity index (χ0) is 13.2. The molecule has 18 heavy (non-hydrogen) atoms. The van der Waals surface area contributed by atoms with Crippen LogP contribution in [0.5, 0.6) is 0 Å². The Morgan fingerprint density at radius 3 is 2.83 bits per heavy atom. The quantitative estimate of drug-likeness (QED) is 0.869. The van der Waals surface area contributed by atoms with Crippen molar-refractivity contribution in [2.24, 2.45) is 0 Å². The number of nitrogens with zero attached hydrogens (tertiary/aromatic N) is 1. The first kappa shape index (κ1) is 12.9. The summed E-state index contributed by atoms with van der Waals surface area (Å²) in [5, 5.41) is 7.83. The van der Waals surface area contributed by atoms with Gasteiger partial charge in [0.2, 0.25) is 10.0 Å². The molecular formula is C10H11N3O3S2.